The van der Waals surface area contributed by atoms with Crippen LogP contribution in [0, 0.1) is 6.92 Å². The molecule has 2 aromatic heterocycles. The number of benzene rings is 1. The molecule has 0 radical (unpaired) electrons. The van der Waals surface area contributed by atoms with Crippen molar-refractivity contribution in [1.82, 2.24) is 14.8 Å². The van der Waals surface area contributed by atoms with Gasteiger partial charge in [0.2, 0.25) is 5.75 Å². The van der Waals surface area contributed by atoms with Crippen LogP contribution in [-0.4, -0.2) is 47.6 Å². The monoisotopic (exact) mass is 487 g/mol. The summed E-state index contributed by atoms with van der Waals surface area (Å²) in [6, 6.07) is 7.98. The first-order chi connectivity index (χ1) is 16.0. The predicted octanol–water partition coefficient (Wildman–Crippen LogP) is 5.82. The Bertz CT molecular complexity index is 1090. The van der Waals surface area contributed by atoms with Crippen molar-refractivity contribution >= 4 is 28.9 Å². The Balaban J connectivity index is 1.70. The van der Waals surface area contributed by atoms with Crippen LogP contribution in [0.25, 0.3) is 11.4 Å². The summed E-state index contributed by atoms with van der Waals surface area (Å²) in [5.41, 5.74) is 0.842. The molecule has 0 atom stereocenters. The second kappa shape index (κ2) is 10.6. The van der Waals surface area contributed by atoms with E-state index in [0.717, 1.165) is 39.1 Å². The molecule has 0 aliphatic heterocycles. The Kier molecular flexibility index (Phi) is 7.60. The minimum absolute atomic E-state index is 0.116. The maximum atomic E-state index is 12.7. The van der Waals surface area contributed by atoms with E-state index in [-0.39, 0.29) is 5.78 Å². The van der Waals surface area contributed by atoms with Gasteiger partial charge in [-0.1, -0.05) is 31.0 Å². The van der Waals surface area contributed by atoms with E-state index in [0.29, 0.717) is 29.0 Å². The summed E-state index contributed by atoms with van der Waals surface area (Å²) < 4.78 is 18.8. The third-order valence-electron chi connectivity index (χ3n) is 5.87. The van der Waals surface area contributed by atoms with Crippen LogP contribution in [0.1, 0.15) is 52.7 Å². The minimum atomic E-state index is 0.116. The third-order valence-corrected chi connectivity index (χ3v) is 7.86. The largest absolute Gasteiger partial charge is 0.493 e. The molecule has 4 rings (SSSR count). The lowest BCUT2D eigenvalue weighted by Crippen LogP contribution is -2.15. The Morgan fingerprint density at radius 3 is 2.33 bits per heavy atom. The molecule has 0 unspecified atom stereocenters. The molecule has 0 bridgehead atoms. The molecule has 0 amide bonds. The number of nitrogens with zero attached hydrogens (tertiary/aromatic N) is 3. The molecule has 3 aromatic rings. The number of methoxy groups -OCH3 is 3. The number of carbonyl (C=O) groups is 1. The van der Waals surface area contributed by atoms with Gasteiger partial charge in [0, 0.05) is 16.5 Å². The molecule has 33 heavy (non-hydrogen) atoms. The van der Waals surface area contributed by atoms with Crippen LogP contribution in [0.15, 0.2) is 29.4 Å². The van der Waals surface area contributed by atoms with Crippen molar-refractivity contribution in [2.45, 2.75) is 50.2 Å². The van der Waals surface area contributed by atoms with Crippen molar-refractivity contribution < 1.29 is 19.0 Å². The summed E-state index contributed by atoms with van der Waals surface area (Å²) in [4.78, 5) is 14.6. The highest BCUT2D eigenvalue weighted by atomic mass is 32.2. The highest BCUT2D eigenvalue weighted by Gasteiger charge is 2.26. The van der Waals surface area contributed by atoms with E-state index >= 15 is 0 Å². The molecule has 0 N–H and O–H groups in total. The van der Waals surface area contributed by atoms with Gasteiger partial charge in [0.05, 0.1) is 32.0 Å². The predicted molar refractivity (Wildman–Crippen MR) is 131 cm³/mol. The van der Waals surface area contributed by atoms with Gasteiger partial charge in [-0.25, -0.2) is 0 Å². The lowest BCUT2D eigenvalue weighted by atomic mass is 9.95. The first-order valence-corrected chi connectivity index (χ1v) is 12.8. The Morgan fingerprint density at radius 1 is 1.06 bits per heavy atom. The Labute approximate surface area is 202 Å². The van der Waals surface area contributed by atoms with Crippen molar-refractivity contribution in [2.24, 2.45) is 0 Å². The molecule has 2 heterocycles. The number of Topliss-reactive ketones (excluding diaryl/α,β-unsaturated/α-hetero) is 1. The number of thiophene rings is 1. The van der Waals surface area contributed by atoms with Crippen LogP contribution in [0.3, 0.4) is 0 Å². The van der Waals surface area contributed by atoms with Gasteiger partial charge in [0.15, 0.2) is 28.3 Å². The van der Waals surface area contributed by atoms with E-state index in [1.54, 1.807) is 21.3 Å². The molecule has 0 saturated heterocycles. The van der Waals surface area contributed by atoms with Crippen LogP contribution in [0.4, 0.5) is 0 Å². The van der Waals surface area contributed by atoms with Crippen LogP contribution < -0.4 is 14.2 Å². The fraction of sp³-hybridized carbons (Fsp3) is 0.458. The maximum absolute atomic E-state index is 12.7. The van der Waals surface area contributed by atoms with Crippen molar-refractivity contribution in [1.29, 1.82) is 0 Å². The third kappa shape index (κ3) is 5.04. The smallest absolute Gasteiger partial charge is 0.203 e. The van der Waals surface area contributed by atoms with Crippen LogP contribution in [0.2, 0.25) is 0 Å². The maximum Gasteiger partial charge on any atom is 0.203 e. The van der Waals surface area contributed by atoms with E-state index < -0.39 is 0 Å². The summed E-state index contributed by atoms with van der Waals surface area (Å²) in [7, 11) is 4.80. The van der Waals surface area contributed by atoms with Gasteiger partial charge in [0.25, 0.3) is 0 Å². The zero-order valence-electron chi connectivity index (χ0n) is 19.4. The lowest BCUT2D eigenvalue weighted by Gasteiger charge is -2.26. The van der Waals surface area contributed by atoms with Crippen LogP contribution in [0.5, 0.6) is 17.2 Å². The normalized spacial score (nSPS) is 14.3. The molecule has 1 saturated carbocycles. The number of hydrogen-bond acceptors (Lipinski definition) is 8. The zero-order valence-corrected chi connectivity index (χ0v) is 21.1. The van der Waals surface area contributed by atoms with Gasteiger partial charge in [0.1, 0.15) is 0 Å². The summed E-state index contributed by atoms with van der Waals surface area (Å²) >= 11 is 2.99. The van der Waals surface area contributed by atoms with Gasteiger partial charge in [-0.05, 0) is 44.0 Å². The number of ketones is 1. The topological polar surface area (TPSA) is 75.5 Å². The Hall–Kier alpha value is -2.52. The standard InChI is InChI=1S/C24H29N3O4S2/c1-15-10-11-21(33-15)18(28)14-32-24-26-25-23(27(24)17-8-6-5-7-9-17)16-12-19(29-2)22(31-4)20(13-16)30-3/h10-13,17H,5-9,14H2,1-4H3. The van der Waals surface area contributed by atoms with Crippen molar-refractivity contribution in [2.75, 3.05) is 27.1 Å². The molecule has 9 heteroatoms. The van der Waals surface area contributed by atoms with Gasteiger partial charge in [-0.3, -0.25) is 9.36 Å². The van der Waals surface area contributed by atoms with Gasteiger partial charge < -0.3 is 14.2 Å². The Morgan fingerprint density at radius 2 is 1.76 bits per heavy atom. The molecule has 1 aliphatic rings. The molecule has 1 fully saturated rings. The summed E-state index contributed by atoms with van der Waals surface area (Å²) in [5, 5.41) is 9.83. The molecular weight excluding hydrogens is 458 g/mol. The minimum Gasteiger partial charge on any atom is -0.493 e. The number of carbonyl (C=O) groups excluding carboxylic acids is 1. The first kappa shape index (κ1) is 23.6. The number of rotatable bonds is 9. The number of thioether (sulfide) groups is 1. The highest BCUT2D eigenvalue weighted by molar-refractivity contribution is 7.99. The fourth-order valence-electron chi connectivity index (χ4n) is 4.24. The average molecular weight is 488 g/mol. The number of ether oxygens (including phenoxy) is 3. The zero-order chi connectivity index (χ0) is 23.4. The summed E-state index contributed by atoms with van der Waals surface area (Å²) in [5.74, 6) is 2.89. The van der Waals surface area contributed by atoms with Crippen LogP contribution >= 0.6 is 23.1 Å². The SMILES string of the molecule is COc1cc(-c2nnc(SCC(=O)c3ccc(C)s3)n2C2CCCCC2)cc(OC)c1OC. The second-order valence-corrected chi connectivity index (χ2v) is 10.2. The molecule has 1 aromatic carbocycles. The quantitative estimate of drug-likeness (QED) is 0.278. The molecular formula is C24H29N3O4S2. The molecule has 1 aliphatic carbocycles. The lowest BCUT2D eigenvalue weighted by molar-refractivity contribution is 0.102. The van der Waals surface area contributed by atoms with Crippen molar-refractivity contribution in [3.63, 3.8) is 0 Å². The molecule has 0 spiro atoms. The average Bonchev–Trinajstić information content (AvgIpc) is 3.48. The van der Waals surface area contributed by atoms with Gasteiger partial charge in [-0.15, -0.1) is 21.5 Å². The van der Waals surface area contributed by atoms with E-state index in [1.807, 2.05) is 31.2 Å². The second-order valence-electron chi connectivity index (χ2n) is 8.00. The van der Waals surface area contributed by atoms with Crippen molar-refractivity contribution in [3.8, 4) is 28.6 Å². The van der Waals surface area contributed by atoms with Crippen molar-refractivity contribution in [3.05, 3.63) is 34.0 Å². The van der Waals surface area contributed by atoms with E-state index in [9.17, 15) is 4.79 Å². The van der Waals surface area contributed by atoms with Crippen LogP contribution in [-0.2, 0) is 0 Å². The first-order valence-electron chi connectivity index (χ1n) is 11.0. The molecule has 176 valence electrons. The molecule has 7 nitrogen and oxygen atoms in total. The fourth-order valence-corrected chi connectivity index (χ4v) is 6.02. The van der Waals surface area contributed by atoms with E-state index in [2.05, 4.69) is 14.8 Å². The highest BCUT2D eigenvalue weighted by Crippen LogP contribution is 2.43. The van der Waals surface area contributed by atoms with E-state index in [4.69, 9.17) is 14.2 Å². The number of aryl methyl sites for hydroxylation is 1. The summed E-state index contributed by atoms with van der Waals surface area (Å²) in [6.45, 7) is 2.01. The van der Waals surface area contributed by atoms with Gasteiger partial charge in [-0.2, -0.15) is 0 Å². The van der Waals surface area contributed by atoms with Gasteiger partial charge >= 0.3 is 0 Å². The number of aromatic nitrogens is 3. The van der Waals surface area contributed by atoms with E-state index in [1.165, 1.54) is 42.4 Å². The number of hydrogen-bond donors (Lipinski definition) is 0. The summed E-state index contributed by atoms with van der Waals surface area (Å²) in [6.07, 6.45) is 5.74.